The van der Waals surface area contributed by atoms with Crippen LogP contribution in [0.15, 0.2) is 22.6 Å². The molecule has 0 aromatic carbocycles. The van der Waals surface area contributed by atoms with Crippen molar-refractivity contribution in [2.24, 2.45) is 5.73 Å². The average Bonchev–Trinajstić information content (AvgIpc) is 2.57. The molecule has 0 aromatic heterocycles. The van der Waals surface area contributed by atoms with E-state index in [-0.39, 0.29) is 12.1 Å². The first-order chi connectivity index (χ1) is 7.02. The van der Waals surface area contributed by atoms with Crippen molar-refractivity contribution in [2.75, 3.05) is 0 Å². The Hall–Kier alpha value is -1.49. The summed E-state index contributed by atoms with van der Waals surface area (Å²) in [6.45, 7) is 0.200. The van der Waals surface area contributed by atoms with Crippen molar-refractivity contribution in [3.63, 3.8) is 0 Å². The van der Waals surface area contributed by atoms with E-state index in [9.17, 15) is 13.2 Å². The molecule has 0 amide bonds. The summed E-state index contributed by atoms with van der Waals surface area (Å²) in [5, 5.41) is 0. The van der Waals surface area contributed by atoms with Crippen LogP contribution in [0.5, 0.6) is 0 Å². The van der Waals surface area contributed by atoms with Gasteiger partial charge in [0.05, 0.1) is 0 Å². The molecule has 2 rings (SSSR count). The number of hydrogen-bond acceptors (Lipinski definition) is 2. The van der Waals surface area contributed by atoms with Gasteiger partial charge in [-0.25, -0.2) is 0 Å². The fourth-order valence-corrected chi connectivity index (χ4v) is 1.44. The first kappa shape index (κ1) is 10.0. The van der Waals surface area contributed by atoms with E-state index in [1.807, 2.05) is 0 Å². The van der Waals surface area contributed by atoms with Crippen molar-refractivity contribution in [3.05, 3.63) is 35.8 Å². The lowest BCUT2D eigenvalue weighted by Crippen LogP contribution is -2.06. The molecule has 15 heavy (non-hydrogen) atoms. The topological polar surface area (TPSA) is 39.2 Å². The predicted molar refractivity (Wildman–Crippen MR) is 47.1 cm³/mol. The summed E-state index contributed by atoms with van der Waals surface area (Å²) in [4.78, 5) is 0. The first-order valence-corrected chi connectivity index (χ1v) is 4.22. The van der Waals surface area contributed by atoms with Gasteiger partial charge >= 0.3 is 6.18 Å². The molecule has 0 saturated heterocycles. The molecule has 0 spiro atoms. The van der Waals surface area contributed by atoms with E-state index in [0.717, 1.165) is 0 Å². The van der Waals surface area contributed by atoms with Gasteiger partial charge in [0.1, 0.15) is 0 Å². The molecule has 2 nitrogen and oxygen atoms in total. The SMILES string of the molecule is NCc1cc2c[c]oc(C(F)(F)F)c-2c1. The van der Waals surface area contributed by atoms with Gasteiger partial charge in [-0.3, -0.25) is 0 Å². The third-order valence-corrected chi connectivity index (χ3v) is 2.09. The standard InChI is InChI=1S/C10H7F3NO/c11-10(12,13)9-8-4-6(5-14)3-7(8)1-2-15-9/h1,3-4H,5,14H2. The first-order valence-electron chi connectivity index (χ1n) is 4.22. The smallest absolute Gasteiger partial charge is 0.448 e. The van der Waals surface area contributed by atoms with Crippen LogP contribution in [0.25, 0.3) is 11.1 Å². The van der Waals surface area contributed by atoms with E-state index in [2.05, 4.69) is 10.7 Å². The fourth-order valence-electron chi connectivity index (χ4n) is 1.44. The molecule has 0 aromatic rings. The summed E-state index contributed by atoms with van der Waals surface area (Å²) in [5.74, 6) is -1.03. The van der Waals surface area contributed by atoms with Crippen molar-refractivity contribution in [1.29, 1.82) is 0 Å². The maximum absolute atomic E-state index is 12.5. The van der Waals surface area contributed by atoms with Crippen LogP contribution in [0.4, 0.5) is 13.2 Å². The van der Waals surface area contributed by atoms with Gasteiger partial charge in [-0.2, -0.15) is 13.2 Å². The van der Waals surface area contributed by atoms with Gasteiger partial charge in [0.2, 0.25) is 5.76 Å². The Kier molecular flexibility index (Phi) is 2.19. The third kappa shape index (κ3) is 1.70. The van der Waals surface area contributed by atoms with Crippen molar-refractivity contribution in [2.45, 2.75) is 12.7 Å². The number of alkyl halides is 3. The zero-order chi connectivity index (χ0) is 11.1. The second-order valence-corrected chi connectivity index (χ2v) is 3.13. The Bertz CT molecular complexity index is 447. The van der Waals surface area contributed by atoms with E-state index in [4.69, 9.17) is 5.73 Å². The summed E-state index contributed by atoms with van der Waals surface area (Å²) in [6, 6.07) is 4.34. The van der Waals surface area contributed by atoms with Crippen LogP contribution in [0.3, 0.4) is 0 Å². The second kappa shape index (κ2) is 3.27. The Morgan fingerprint density at radius 3 is 2.67 bits per heavy atom. The number of hydrogen-bond donors (Lipinski definition) is 1. The van der Waals surface area contributed by atoms with E-state index >= 15 is 0 Å². The second-order valence-electron chi connectivity index (χ2n) is 3.13. The highest BCUT2D eigenvalue weighted by Gasteiger charge is 2.38. The van der Waals surface area contributed by atoms with Crippen molar-refractivity contribution in [3.8, 4) is 11.1 Å². The lowest BCUT2D eigenvalue weighted by atomic mass is 10.1. The summed E-state index contributed by atoms with van der Waals surface area (Å²) in [7, 11) is 0. The Labute approximate surface area is 83.8 Å². The van der Waals surface area contributed by atoms with Gasteiger partial charge in [0, 0.05) is 12.1 Å². The van der Waals surface area contributed by atoms with Gasteiger partial charge in [0.15, 0.2) is 6.26 Å². The van der Waals surface area contributed by atoms with Crippen molar-refractivity contribution >= 4 is 0 Å². The summed E-state index contributed by atoms with van der Waals surface area (Å²) >= 11 is 0. The van der Waals surface area contributed by atoms with Gasteiger partial charge in [-0.05, 0) is 29.3 Å². The highest BCUT2D eigenvalue weighted by Crippen LogP contribution is 2.39. The summed E-state index contributed by atoms with van der Waals surface area (Å²) in [5.41, 5.74) is 6.46. The lowest BCUT2D eigenvalue weighted by molar-refractivity contribution is -0.153. The average molecular weight is 214 g/mol. The number of nitrogens with two attached hydrogens (primary N) is 1. The molecule has 0 saturated carbocycles. The minimum atomic E-state index is -4.50. The van der Waals surface area contributed by atoms with Crippen LogP contribution < -0.4 is 5.73 Å². The quantitative estimate of drug-likeness (QED) is 0.792. The molecule has 1 aliphatic heterocycles. The predicted octanol–water partition coefficient (Wildman–Crippen LogP) is 2.66. The molecule has 5 heteroatoms. The minimum Gasteiger partial charge on any atom is -0.448 e. The molecular formula is C10H7F3NO. The Morgan fingerprint density at radius 1 is 1.33 bits per heavy atom. The highest BCUT2D eigenvalue weighted by molar-refractivity contribution is 5.70. The molecule has 2 aliphatic rings. The number of fused-ring (bicyclic) bond motifs is 1. The van der Waals surface area contributed by atoms with Gasteiger partial charge in [-0.15, -0.1) is 0 Å². The maximum Gasteiger partial charge on any atom is 0.450 e. The summed E-state index contributed by atoms with van der Waals surface area (Å²) < 4.78 is 41.8. The monoisotopic (exact) mass is 214 g/mol. The van der Waals surface area contributed by atoms with E-state index < -0.39 is 11.9 Å². The highest BCUT2D eigenvalue weighted by atomic mass is 19.4. The molecule has 0 unspecified atom stereocenters. The molecule has 0 atom stereocenters. The largest absolute Gasteiger partial charge is 0.450 e. The number of rotatable bonds is 1. The van der Waals surface area contributed by atoms with Crippen LogP contribution >= 0.6 is 0 Å². The van der Waals surface area contributed by atoms with Crippen LogP contribution in [0.2, 0.25) is 0 Å². The molecule has 0 bridgehead atoms. The maximum atomic E-state index is 12.5. The zero-order valence-corrected chi connectivity index (χ0v) is 7.56. The lowest BCUT2D eigenvalue weighted by Gasteiger charge is -2.08. The van der Waals surface area contributed by atoms with E-state index in [1.54, 1.807) is 6.07 Å². The van der Waals surface area contributed by atoms with Crippen LogP contribution in [-0.4, -0.2) is 0 Å². The molecule has 0 fully saturated rings. The zero-order valence-electron chi connectivity index (χ0n) is 7.56. The Balaban J connectivity index is 2.63. The molecule has 1 aliphatic carbocycles. The Morgan fingerprint density at radius 2 is 2.07 bits per heavy atom. The molecule has 79 valence electrons. The molecule has 1 heterocycles. The van der Waals surface area contributed by atoms with Crippen molar-refractivity contribution in [1.82, 2.24) is 0 Å². The normalized spacial score (nSPS) is 12.3. The fraction of sp³-hybridized carbons (Fsp3) is 0.200. The molecular weight excluding hydrogens is 207 g/mol. The van der Waals surface area contributed by atoms with Gasteiger partial charge in [0.25, 0.3) is 0 Å². The van der Waals surface area contributed by atoms with Gasteiger partial charge in [-0.1, -0.05) is 0 Å². The van der Waals surface area contributed by atoms with E-state index in [0.29, 0.717) is 11.1 Å². The van der Waals surface area contributed by atoms with Crippen LogP contribution in [0.1, 0.15) is 11.3 Å². The van der Waals surface area contributed by atoms with Crippen molar-refractivity contribution < 1.29 is 17.6 Å². The minimum absolute atomic E-state index is 0.0294. The van der Waals surface area contributed by atoms with Gasteiger partial charge < -0.3 is 10.2 Å². The molecule has 2 N–H and O–H groups in total. The molecule has 1 radical (unpaired) electrons. The van der Waals surface area contributed by atoms with Crippen LogP contribution in [-0.2, 0) is 12.7 Å². The summed E-state index contributed by atoms with van der Waals surface area (Å²) in [6.07, 6.45) is -2.39. The number of halogens is 3. The third-order valence-electron chi connectivity index (χ3n) is 2.09. The van der Waals surface area contributed by atoms with Crippen LogP contribution in [0, 0.1) is 6.26 Å². The van der Waals surface area contributed by atoms with E-state index in [1.165, 1.54) is 12.1 Å².